The fourth-order valence-corrected chi connectivity index (χ4v) is 3.08. The second-order valence-electron chi connectivity index (χ2n) is 6.27. The number of Topliss-reactive ketones (excluding diaryl/α,β-unsaturated/α-hetero) is 1. The summed E-state index contributed by atoms with van der Waals surface area (Å²) in [7, 11) is 0. The highest BCUT2D eigenvalue weighted by Crippen LogP contribution is 2.32. The van der Waals surface area contributed by atoms with Gasteiger partial charge in [0.1, 0.15) is 23.4 Å². The molecule has 1 saturated heterocycles. The highest BCUT2D eigenvalue weighted by atomic mass is 19.1. The minimum atomic E-state index is -0.455. The van der Waals surface area contributed by atoms with Gasteiger partial charge in [-0.15, -0.1) is 0 Å². The molecule has 0 N–H and O–H groups in total. The van der Waals surface area contributed by atoms with Crippen LogP contribution in [0.2, 0.25) is 0 Å². The monoisotopic (exact) mass is 358 g/mol. The second-order valence-corrected chi connectivity index (χ2v) is 6.27. The Labute approximate surface area is 150 Å². The van der Waals surface area contributed by atoms with E-state index in [4.69, 9.17) is 4.74 Å². The number of nitro groups is 1. The Balaban J connectivity index is 1.68. The van der Waals surface area contributed by atoms with Crippen molar-refractivity contribution in [2.75, 3.05) is 18.0 Å². The molecule has 1 aliphatic rings. The summed E-state index contributed by atoms with van der Waals surface area (Å²) in [6.07, 6.45) is 1.37. The topological polar surface area (TPSA) is 72.7 Å². The molecule has 1 aliphatic heterocycles. The van der Waals surface area contributed by atoms with Crippen molar-refractivity contribution in [3.63, 3.8) is 0 Å². The van der Waals surface area contributed by atoms with Crippen molar-refractivity contribution < 1.29 is 18.8 Å². The van der Waals surface area contributed by atoms with Crippen molar-refractivity contribution in [2.24, 2.45) is 0 Å². The van der Waals surface area contributed by atoms with Crippen molar-refractivity contribution in [2.45, 2.75) is 25.9 Å². The highest BCUT2D eigenvalue weighted by Gasteiger charge is 2.26. The van der Waals surface area contributed by atoms with Crippen molar-refractivity contribution in [1.29, 1.82) is 0 Å². The lowest BCUT2D eigenvalue weighted by molar-refractivity contribution is -0.384. The van der Waals surface area contributed by atoms with Gasteiger partial charge in [-0.2, -0.15) is 0 Å². The molecule has 0 radical (unpaired) electrons. The normalized spacial score (nSPS) is 14.9. The van der Waals surface area contributed by atoms with Crippen LogP contribution in [0.15, 0.2) is 42.5 Å². The van der Waals surface area contributed by atoms with E-state index in [0.29, 0.717) is 42.9 Å². The molecule has 0 spiro atoms. The van der Waals surface area contributed by atoms with Crippen LogP contribution in [0.3, 0.4) is 0 Å². The van der Waals surface area contributed by atoms with Crippen molar-refractivity contribution >= 4 is 17.2 Å². The Morgan fingerprint density at radius 2 is 1.85 bits per heavy atom. The third kappa shape index (κ3) is 3.99. The van der Waals surface area contributed by atoms with E-state index in [2.05, 4.69) is 0 Å². The Hall–Kier alpha value is -2.96. The quantitative estimate of drug-likeness (QED) is 0.459. The molecule has 6 nitrogen and oxygen atoms in total. The minimum absolute atomic E-state index is 0.0211. The maximum absolute atomic E-state index is 12.9. The van der Waals surface area contributed by atoms with Gasteiger partial charge >= 0.3 is 0 Å². The molecule has 0 atom stereocenters. The van der Waals surface area contributed by atoms with Crippen LogP contribution in [0.1, 0.15) is 30.1 Å². The van der Waals surface area contributed by atoms with Crippen LogP contribution >= 0.6 is 0 Å². The molecule has 0 amide bonds. The summed E-state index contributed by atoms with van der Waals surface area (Å²) in [6, 6.07) is 10.5. The van der Waals surface area contributed by atoms with E-state index >= 15 is 0 Å². The average Bonchev–Trinajstić information content (AvgIpc) is 2.63. The van der Waals surface area contributed by atoms with E-state index < -0.39 is 4.92 Å². The molecule has 0 aromatic heterocycles. The van der Waals surface area contributed by atoms with Crippen LogP contribution in [-0.2, 0) is 0 Å². The first-order valence-electron chi connectivity index (χ1n) is 8.40. The average molecular weight is 358 g/mol. The van der Waals surface area contributed by atoms with E-state index in [0.717, 1.165) is 0 Å². The van der Waals surface area contributed by atoms with Gasteiger partial charge in [-0.3, -0.25) is 14.9 Å². The fraction of sp³-hybridized carbons (Fsp3) is 0.316. The van der Waals surface area contributed by atoms with Gasteiger partial charge in [0.05, 0.1) is 4.92 Å². The van der Waals surface area contributed by atoms with Crippen LogP contribution in [0.4, 0.5) is 15.8 Å². The molecular weight excluding hydrogens is 339 g/mol. The summed E-state index contributed by atoms with van der Waals surface area (Å²) < 4.78 is 18.8. The van der Waals surface area contributed by atoms with Gasteiger partial charge in [0.15, 0.2) is 5.78 Å². The fourth-order valence-electron chi connectivity index (χ4n) is 3.08. The molecule has 26 heavy (non-hydrogen) atoms. The maximum atomic E-state index is 12.9. The zero-order chi connectivity index (χ0) is 18.7. The molecule has 7 heteroatoms. The van der Waals surface area contributed by atoms with Gasteiger partial charge in [0, 0.05) is 37.6 Å². The summed E-state index contributed by atoms with van der Waals surface area (Å²) in [5.41, 5.74) is 0.783. The number of hydrogen-bond acceptors (Lipinski definition) is 5. The number of ketones is 1. The van der Waals surface area contributed by atoms with E-state index in [-0.39, 0.29) is 23.4 Å². The van der Waals surface area contributed by atoms with Gasteiger partial charge < -0.3 is 9.64 Å². The third-order valence-electron chi connectivity index (χ3n) is 4.48. The lowest BCUT2D eigenvalue weighted by Gasteiger charge is -2.33. The zero-order valence-corrected chi connectivity index (χ0v) is 14.4. The Kier molecular flexibility index (Phi) is 5.16. The first-order valence-corrected chi connectivity index (χ1v) is 8.40. The number of anilines is 1. The zero-order valence-electron chi connectivity index (χ0n) is 14.4. The molecule has 0 unspecified atom stereocenters. The second kappa shape index (κ2) is 7.51. The summed E-state index contributed by atoms with van der Waals surface area (Å²) in [5, 5.41) is 11.4. The number of rotatable bonds is 5. The van der Waals surface area contributed by atoms with Gasteiger partial charge in [-0.05, 0) is 43.3 Å². The summed E-state index contributed by atoms with van der Waals surface area (Å²) in [6.45, 7) is 2.59. The van der Waals surface area contributed by atoms with Gasteiger partial charge in [-0.1, -0.05) is 0 Å². The number of nitro benzene ring substituents is 1. The molecule has 3 rings (SSSR count). The molecular formula is C19H19FN2O4. The Bertz CT molecular complexity index is 815. The number of nitrogens with zero attached hydrogens (tertiary/aromatic N) is 2. The van der Waals surface area contributed by atoms with Crippen LogP contribution in [0.25, 0.3) is 0 Å². The number of carbonyl (C=O) groups is 1. The first kappa shape index (κ1) is 17.8. The van der Waals surface area contributed by atoms with Crippen molar-refractivity contribution in [1.82, 2.24) is 0 Å². The molecule has 0 aliphatic carbocycles. The van der Waals surface area contributed by atoms with Gasteiger partial charge in [-0.25, -0.2) is 4.39 Å². The molecule has 1 heterocycles. The number of piperidine rings is 1. The number of carbonyl (C=O) groups excluding carboxylic acids is 1. The van der Waals surface area contributed by atoms with Crippen molar-refractivity contribution in [3.8, 4) is 5.75 Å². The van der Waals surface area contributed by atoms with E-state index in [9.17, 15) is 19.3 Å². The van der Waals surface area contributed by atoms with E-state index in [1.807, 2.05) is 4.90 Å². The molecule has 0 bridgehead atoms. The van der Waals surface area contributed by atoms with Crippen LogP contribution in [0.5, 0.6) is 5.75 Å². The Morgan fingerprint density at radius 3 is 2.42 bits per heavy atom. The minimum Gasteiger partial charge on any atom is -0.490 e. The van der Waals surface area contributed by atoms with Gasteiger partial charge in [0.2, 0.25) is 0 Å². The highest BCUT2D eigenvalue weighted by molar-refractivity contribution is 5.95. The largest absolute Gasteiger partial charge is 0.490 e. The first-order chi connectivity index (χ1) is 12.4. The predicted octanol–water partition coefficient (Wildman–Crippen LogP) is 3.98. The maximum Gasteiger partial charge on any atom is 0.293 e. The van der Waals surface area contributed by atoms with Crippen LogP contribution in [0, 0.1) is 15.9 Å². The number of ether oxygens (including phenoxy) is 1. The third-order valence-corrected chi connectivity index (χ3v) is 4.48. The number of hydrogen-bond donors (Lipinski definition) is 0. The summed E-state index contributed by atoms with van der Waals surface area (Å²) in [4.78, 5) is 24.3. The smallest absolute Gasteiger partial charge is 0.293 e. The lowest BCUT2D eigenvalue weighted by Crippen LogP contribution is -2.38. The summed E-state index contributed by atoms with van der Waals surface area (Å²) in [5.74, 6) is 0.0983. The molecule has 0 saturated carbocycles. The van der Waals surface area contributed by atoms with Gasteiger partial charge in [0.25, 0.3) is 5.69 Å². The number of halogens is 1. The molecule has 2 aromatic carbocycles. The lowest BCUT2D eigenvalue weighted by atomic mass is 10.0. The number of benzene rings is 2. The van der Waals surface area contributed by atoms with Crippen LogP contribution in [-0.4, -0.2) is 29.9 Å². The van der Waals surface area contributed by atoms with Crippen LogP contribution < -0.4 is 9.64 Å². The van der Waals surface area contributed by atoms with Crippen molar-refractivity contribution in [3.05, 3.63) is 64.0 Å². The van der Waals surface area contributed by atoms with E-state index in [1.54, 1.807) is 24.3 Å². The summed E-state index contributed by atoms with van der Waals surface area (Å²) >= 11 is 0. The predicted molar refractivity (Wildman–Crippen MR) is 95.4 cm³/mol. The Morgan fingerprint density at radius 1 is 1.19 bits per heavy atom. The van der Waals surface area contributed by atoms with E-state index in [1.165, 1.54) is 25.1 Å². The molecule has 2 aromatic rings. The standard InChI is InChI=1S/C19H19FN2O4/c1-13(23)14-2-7-18(19(12-14)22(24)25)21-10-8-17(9-11-21)26-16-5-3-15(20)4-6-16/h2-7,12,17H,8-11H2,1H3. The molecule has 136 valence electrons. The SMILES string of the molecule is CC(=O)c1ccc(N2CCC(Oc3ccc(F)cc3)CC2)c([N+](=O)[O-])c1. The molecule has 1 fully saturated rings.